The van der Waals surface area contributed by atoms with Gasteiger partial charge in [0.15, 0.2) is 0 Å². The van der Waals surface area contributed by atoms with Crippen LogP contribution in [0, 0.1) is 11.8 Å². The van der Waals surface area contributed by atoms with Crippen LogP contribution in [-0.2, 0) is 15.9 Å². The van der Waals surface area contributed by atoms with Crippen LogP contribution < -0.4 is 0 Å². The Morgan fingerprint density at radius 3 is 2.57 bits per heavy atom. The Morgan fingerprint density at radius 2 is 2.00 bits per heavy atom. The Morgan fingerprint density at radius 1 is 1.33 bits per heavy atom. The summed E-state index contributed by atoms with van der Waals surface area (Å²) in [6, 6.07) is 5.21. The lowest BCUT2D eigenvalue weighted by molar-refractivity contribution is 0.157. The molecule has 3 unspecified atom stereocenters. The molecule has 1 fully saturated rings. The van der Waals surface area contributed by atoms with E-state index in [1.54, 1.807) is 22.5 Å². The number of piperidine rings is 1. The first-order valence-corrected chi connectivity index (χ1v) is 9.90. The van der Waals surface area contributed by atoms with Crippen LogP contribution in [-0.4, -0.2) is 25.3 Å². The molecule has 1 saturated heterocycles. The average molecular weight is 395 g/mol. The van der Waals surface area contributed by atoms with Crippen molar-refractivity contribution in [1.29, 1.82) is 0 Å². The molecule has 0 saturated carbocycles. The van der Waals surface area contributed by atoms with E-state index in [-0.39, 0.29) is 6.04 Å². The summed E-state index contributed by atoms with van der Waals surface area (Å²) in [6.45, 7) is 6.80. The van der Waals surface area contributed by atoms with Gasteiger partial charge < -0.3 is 0 Å². The van der Waals surface area contributed by atoms with Crippen molar-refractivity contribution in [2.45, 2.75) is 44.0 Å². The van der Waals surface area contributed by atoms with Gasteiger partial charge in [-0.1, -0.05) is 19.9 Å². The Hall–Kier alpha value is -0.100. The van der Waals surface area contributed by atoms with E-state index >= 15 is 0 Å². The zero-order valence-electron chi connectivity index (χ0n) is 12.5. The second-order valence-electron chi connectivity index (χ2n) is 6.03. The van der Waals surface area contributed by atoms with Gasteiger partial charge in [-0.15, -0.1) is 11.6 Å². The van der Waals surface area contributed by atoms with Crippen LogP contribution in [0.5, 0.6) is 0 Å². The molecule has 1 aromatic carbocycles. The molecular formula is C15H21BrClNO2S. The molecule has 2 rings (SSSR count). The van der Waals surface area contributed by atoms with Crippen molar-refractivity contribution in [2.24, 2.45) is 11.8 Å². The largest absolute Gasteiger partial charge is 0.244 e. The molecule has 118 valence electrons. The van der Waals surface area contributed by atoms with Crippen LogP contribution in [0.2, 0.25) is 0 Å². The highest BCUT2D eigenvalue weighted by Gasteiger charge is 2.37. The molecule has 3 atom stereocenters. The summed E-state index contributed by atoms with van der Waals surface area (Å²) in [4.78, 5) is 0.324. The van der Waals surface area contributed by atoms with Crippen LogP contribution in [0.15, 0.2) is 27.6 Å². The van der Waals surface area contributed by atoms with E-state index in [4.69, 9.17) is 11.6 Å². The summed E-state index contributed by atoms with van der Waals surface area (Å²) in [5, 5.41) is 0. The molecule has 0 N–H and O–H groups in total. The number of benzene rings is 1. The van der Waals surface area contributed by atoms with Crippen molar-refractivity contribution in [2.75, 3.05) is 6.54 Å². The number of nitrogens with zero attached hydrogens (tertiary/aromatic N) is 1. The van der Waals surface area contributed by atoms with Gasteiger partial charge in [0, 0.05) is 22.9 Å². The summed E-state index contributed by atoms with van der Waals surface area (Å²) in [5.74, 6) is 1.11. The van der Waals surface area contributed by atoms with Gasteiger partial charge in [-0.3, -0.25) is 0 Å². The van der Waals surface area contributed by atoms with Crippen LogP contribution in [0.3, 0.4) is 0 Å². The third-order valence-corrected chi connectivity index (χ3v) is 7.52. The molecule has 21 heavy (non-hydrogen) atoms. The summed E-state index contributed by atoms with van der Waals surface area (Å²) >= 11 is 9.17. The van der Waals surface area contributed by atoms with Gasteiger partial charge in [0.25, 0.3) is 0 Å². The van der Waals surface area contributed by atoms with Gasteiger partial charge in [-0.05, 0) is 58.8 Å². The predicted molar refractivity (Wildman–Crippen MR) is 90.0 cm³/mol. The van der Waals surface area contributed by atoms with E-state index in [0.29, 0.717) is 33.6 Å². The molecule has 0 spiro atoms. The van der Waals surface area contributed by atoms with Crippen molar-refractivity contribution in [3.63, 3.8) is 0 Å². The van der Waals surface area contributed by atoms with Crippen molar-refractivity contribution >= 4 is 37.6 Å². The maximum atomic E-state index is 13.0. The van der Waals surface area contributed by atoms with Crippen LogP contribution in [0.4, 0.5) is 0 Å². The number of halogens is 2. The second-order valence-corrected chi connectivity index (χ2v) is 9.01. The fourth-order valence-electron chi connectivity index (χ4n) is 2.94. The Kier molecular flexibility index (Phi) is 5.40. The first kappa shape index (κ1) is 17.3. The lowest BCUT2D eigenvalue weighted by atomic mass is 9.88. The summed E-state index contributed by atoms with van der Waals surface area (Å²) < 4.78 is 28.2. The van der Waals surface area contributed by atoms with Gasteiger partial charge in [-0.25, -0.2) is 8.42 Å². The number of alkyl halides is 1. The topological polar surface area (TPSA) is 37.4 Å². The maximum Gasteiger partial charge on any atom is 0.244 e. The number of hydrogen-bond acceptors (Lipinski definition) is 2. The van der Waals surface area contributed by atoms with Crippen LogP contribution >= 0.6 is 27.5 Å². The molecular weight excluding hydrogens is 374 g/mol. The molecule has 1 aliphatic rings. The summed E-state index contributed by atoms with van der Waals surface area (Å²) in [5.41, 5.74) is 0.899. The highest BCUT2D eigenvalue weighted by Crippen LogP contribution is 2.34. The maximum absolute atomic E-state index is 13.0. The molecule has 1 aliphatic heterocycles. The minimum Gasteiger partial charge on any atom is -0.207 e. The van der Waals surface area contributed by atoms with Crippen molar-refractivity contribution in [3.8, 4) is 0 Å². The van der Waals surface area contributed by atoms with E-state index < -0.39 is 10.0 Å². The average Bonchev–Trinajstić information content (AvgIpc) is 2.42. The first-order valence-electron chi connectivity index (χ1n) is 7.13. The van der Waals surface area contributed by atoms with E-state index in [0.717, 1.165) is 12.0 Å². The third-order valence-electron chi connectivity index (χ3n) is 4.28. The number of rotatable bonds is 3. The van der Waals surface area contributed by atoms with E-state index in [2.05, 4.69) is 29.8 Å². The predicted octanol–water partition coefficient (Wildman–Crippen LogP) is 4.24. The lowest BCUT2D eigenvalue weighted by Crippen LogP contribution is -2.48. The molecule has 1 heterocycles. The van der Waals surface area contributed by atoms with E-state index in [9.17, 15) is 8.42 Å². The van der Waals surface area contributed by atoms with Crippen molar-refractivity contribution < 1.29 is 8.42 Å². The molecule has 6 heteroatoms. The Balaban J connectivity index is 2.41. The molecule has 0 radical (unpaired) electrons. The second kappa shape index (κ2) is 6.57. The van der Waals surface area contributed by atoms with Gasteiger partial charge in [-0.2, -0.15) is 4.31 Å². The monoisotopic (exact) mass is 393 g/mol. The van der Waals surface area contributed by atoms with Crippen molar-refractivity contribution in [3.05, 3.63) is 28.2 Å². The fourth-order valence-corrected chi connectivity index (χ4v) is 6.04. The molecule has 0 amide bonds. The molecule has 0 aromatic heterocycles. The standard InChI is InChI=1S/C15H21BrClNO2S/c1-10-6-11(2)12(3)18(9-10)21(19,20)15-5-4-13(8-17)7-14(15)16/h4-5,7,10-12H,6,8-9H2,1-3H3. The summed E-state index contributed by atoms with van der Waals surface area (Å²) in [7, 11) is -3.49. The van der Waals surface area contributed by atoms with E-state index in [1.165, 1.54) is 0 Å². The Bertz CT molecular complexity index is 620. The Labute approximate surface area is 140 Å². The normalized spacial score (nSPS) is 27.8. The third kappa shape index (κ3) is 3.46. The summed E-state index contributed by atoms with van der Waals surface area (Å²) in [6.07, 6.45) is 1.07. The first-order chi connectivity index (χ1) is 9.77. The van der Waals surface area contributed by atoms with Crippen LogP contribution in [0.25, 0.3) is 0 Å². The zero-order valence-corrected chi connectivity index (χ0v) is 15.7. The minimum atomic E-state index is -3.49. The number of sulfonamides is 1. The molecule has 1 aromatic rings. The SMILES string of the molecule is CC1CC(C)C(C)N(S(=O)(=O)c2ccc(CCl)cc2Br)C1. The van der Waals surface area contributed by atoms with Gasteiger partial charge in [0.2, 0.25) is 10.0 Å². The van der Waals surface area contributed by atoms with Gasteiger partial charge in [0.05, 0.1) is 4.90 Å². The fraction of sp³-hybridized carbons (Fsp3) is 0.600. The zero-order chi connectivity index (χ0) is 15.8. The highest BCUT2D eigenvalue weighted by molar-refractivity contribution is 9.10. The highest BCUT2D eigenvalue weighted by atomic mass is 79.9. The van der Waals surface area contributed by atoms with E-state index in [1.807, 2.05) is 6.92 Å². The molecule has 0 bridgehead atoms. The van der Waals surface area contributed by atoms with Gasteiger partial charge >= 0.3 is 0 Å². The van der Waals surface area contributed by atoms with Crippen molar-refractivity contribution in [1.82, 2.24) is 4.31 Å². The van der Waals surface area contributed by atoms with Crippen LogP contribution in [0.1, 0.15) is 32.8 Å². The number of hydrogen-bond donors (Lipinski definition) is 0. The quantitative estimate of drug-likeness (QED) is 0.719. The molecule has 0 aliphatic carbocycles. The lowest BCUT2D eigenvalue weighted by Gasteiger charge is -2.40. The smallest absolute Gasteiger partial charge is 0.207 e. The minimum absolute atomic E-state index is 0.0193. The van der Waals surface area contributed by atoms with Gasteiger partial charge in [0.1, 0.15) is 0 Å². The molecule has 3 nitrogen and oxygen atoms in total.